The third kappa shape index (κ3) is 4.87. The average molecular weight is 506 g/mol. The molecule has 5 heterocycles. The zero-order chi connectivity index (χ0) is 25.4. The van der Waals surface area contributed by atoms with Crippen molar-refractivity contribution in [1.29, 1.82) is 0 Å². The second-order valence-corrected chi connectivity index (χ2v) is 10.6. The number of nitrogens with one attached hydrogen (secondary N) is 4. The summed E-state index contributed by atoms with van der Waals surface area (Å²) < 4.78 is 7.85. The molecular formula is C27H35N7O3. The Bertz CT molecular complexity index is 1300. The number of hydrogen-bond donors (Lipinski definition) is 4. The number of carbonyl (C=O) groups excluding carboxylic acids is 1. The van der Waals surface area contributed by atoms with Crippen LogP contribution in [0.1, 0.15) is 62.9 Å². The van der Waals surface area contributed by atoms with Gasteiger partial charge < -0.3 is 20.4 Å². The predicted molar refractivity (Wildman–Crippen MR) is 140 cm³/mol. The third-order valence-electron chi connectivity index (χ3n) is 8.19. The van der Waals surface area contributed by atoms with Gasteiger partial charge in [0.15, 0.2) is 0 Å². The van der Waals surface area contributed by atoms with Crippen molar-refractivity contribution in [1.82, 2.24) is 30.2 Å². The summed E-state index contributed by atoms with van der Waals surface area (Å²) >= 11 is 0. The van der Waals surface area contributed by atoms with E-state index in [1.807, 2.05) is 12.1 Å². The van der Waals surface area contributed by atoms with Gasteiger partial charge in [-0.05, 0) is 50.7 Å². The van der Waals surface area contributed by atoms with Crippen LogP contribution >= 0.6 is 0 Å². The molecule has 2 aliphatic heterocycles. The summed E-state index contributed by atoms with van der Waals surface area (Å²) in [7, 11) is 0. The van der Waals surface area contributed by atoms with Crippen molar-refractivity contribution in [2.24, 2.45) is 5.92 Å². The molecule has 3 aromatic rings. The Labute approximate surface area is 215 Å². The van der Waals surface area contributed by atoms with Gasteiger partial charge in [0.05, 0.1) is 30.7 Å². The molecule has 0 radical (unpaired) electrons. The standard InChI is InChI=1S/C27H35N7O3/c1-16(25(35)29-13-19-11-18-12-28-10-9-20(18)32-19)34-15-31-22-8-7-21(33-24(22)27(34)36)23-14-30-26(37-23)17-5-3-2-4-6-17/h9-12,15-17,21,23,26,30,32-33H,2-8,13-14H2,1H3,(H,29,35)/t16-,21?,23?,26?/m1/s1. The third-order valence-corrected chi connectivity index (χ3v) is 8.19. The number of H-pyrrole nitrogens is 1. The monoisotopic (exact) mass is 505 g/mol. The van der Waals surface area contributed by atoms with Crippen LogP contribution in [0.2, 0.25) is 0 Å². The molecule has 37 heavy (non-hydrogen) atoms. The van der Waals surface area contributed by atoms with Gasteiger partial charge in [0, 0.05) is 35.5 Å². The van der Waals surface area contributed by atoms with Crippen LogP contribution in [0.25, 0.3) is 10.9 Å². The molecule has 1 aliphatic carbocycles. The lowest BCUT2D eigenvalue weighted by atomic mass is 9.88. The van der Waals surface area contributed by atoms with Gasteiger partial charge in [-0.1, -0.05) is 19.3 Å². The van der Waals surface area contributed by atoms with Gasteiger partial charge in [0.1, 0.15) is 18.0 Å². The van der Waals surface area contributed by atoms with Crippen LogP contribution in [-0.2, 0) is 22.5 Å². The minimum absolute atomic E-state index is 0.0142. The Morgan fingerprint density at radius 1 is 1.27 bits per heavy atom. The zero-order valence-corrected chi connectivity index (χ0v) is 21.2. The normalized spacial score (nSPS) is 24.9. The number of fused-ring (bicyclic) bond motifs is 2. The number of pyridine rings is 1. The van der Waals surface area contributed by atoms with E-state index in [-0.39, 0.29) is 29.8 Å². The molecule has 0 spiro atoms. The second-order valence-electron chi connectivity index (χ2n) is 10.6. The summed E-state index contributed by atoms with van der Waals surface area (Å²) in [5, 5.41) is 10.9. The van der Waals surface area contributed by atoms with Gasteiger partial charge in [-0.15, -0.1) is 0 Å². The van der Waals surface area contributed by atoms with Crippen LogP contribution in [0.3, 0.4) is 0 Å². The Balaban J connectivity index is 1.11. The molecule has 10 nitrogen and oxygen atoms in total. The highest BCUT2D eigenvalue weighted by Crippen LogP contribution is 2.31. The van der Waals surface area contributed by atoms with Crippen molar-refractivity contribution in [2.45, 2.75) is 82.8 Å². The van der Waals surface area contributed by atoms with Crippen molar-refractivity contribution in [3.8, 4) is 0 Å². The molecule has 196 valence electrons. The van der Waals surface area contributed by atoms with Crippen LogP contribution in [0.4, 0.5) is 5.69 Å². The summed E-state index contributed by atoms with van der Waals surface area (Å²) in [6.45, 7) is 2.84. The first kappa shape index (κ1) is 24.1. The number of aryl methyl sites for hydroxylation is 1. The topological polar surface area (TPSA) is 126 Å². The van der Waals surface area contributed by atoms with Crippen molar-refractivity contribution < 1.29 is 9.53 Å². The maximum atomic E-state index is 13.4. The van der Waals surface area contributed by atoms with E-state index in [2.05, 4.69) is 30.9 Å². The smallest absolute Gasteiger partial charge is 0.277 e. The number of hydrogen-bond acceptors (Lipinski definition) is 7. The van der Waals surface area contributed by atoms with E-state index in [1.165, 1.54) is 43.0 Å². The second kappa shape index (κ2) is 10.3. The van der Waals surface area contributed by atoms with E-state index in [9.17, 15) is 9.59 Å². The minimum atomic E-state index is -0.696. The quantitative estimate of drug-likeness (QED) is 0.406. The highest BCUT2D eigenvalue weighted by Gasteiger charge is 2.38. The molecule has 2 fully saturated rings. The number of amides is 1. The molecule has 6 rings (SSSR count). The molecule has 3 aromatic heterocycles. The number of aromatic amines is 1. The van der Waals surface area contributed by atoms with Crippen LogP contribution in [-0.4, -0.2) is 50.3 Å². The molecule has 0 aromatic carbocycles. The molecule has 4 N–H and O–H groups in total. The molecule has 0 bridgehead atoms. The Morgan fingerprint density at radius 3 is 2.97 bits per heavy atom. The van der Waals surface area contributed by atoms with E-state index >= 15 is 0 Å². The van der Waals surface area contributed by atoms with E-state index in [0.29, 0.717) is 24.6 Å². The highest BCUT2D eigenvalue weighted by molar-refractivity contribution is 5.81. The lowest BCUT2D eigenvalue weighted by Gasteiger charge is -2.31. The first-order chi connectivity index (χ1) is 18.1. The summed E-state index contributed by atoms with van der Waals surface area (Å²) in [5.41, 5.74) is 2.87. The Hall–Kier alpha value is -3.24. The first-order valence-corrected chi connectivity index (χ1v) is 13.5. The fourth-order valence-corrected chi connectivity index (χ4v) is 5.99. The number of ether oxygens (including phenoxy) is 1. The summed E-state index contributed by atoms with van der Waals surface area (Å²) in [6.07, 6.45) is 13.0. The molecule has 1 amide bonds. The fourth-order valence-electron chi connectivity index (χ4n) is 5.99. The number of anilines is 1. The van der Waals surface area contributed by atoms with Gasteiger partial charge >= 0.3 is 0 Å². The molecule has 1 saturated heterocycles. The van der Waals surface area contributed by atoms with Crippen molar-refractivity contribution in [3.05, 3.63) is 52.6 Å². The molecule has 1 saturated carbocycles. The Kier molecular flexibility index (Phi) is 6.69. The molecule has 4 atom stereocenters. The summed E-state index contributed by atoms with van der Waals surface area (Å²) in [4.78, 5) is 38.3. The number of carbonyl (C=O) groups is 1. The molecule has 10 heteroatoms. The maximum Gasteiger partial charge on any atom is 0.277 e. The van der Waals surface area contributed by atoms with Crippen LogP contribution < -0.4 is 21.5 Å². The molecular weight excluding hydrogens is 470 g/mol. The number of aromatic nitrogens is 4. The number of nitrogens with zero attached hydrogens (tertiary/aromatic N) is 3. The SMILES string of the molecule is C[C@H](C(=O)NCc1cc2cnccc2[nH]1)n1cnc2c(c1=O)NC(C1CNC(C3CCCCC3)O1)CC2. The Morgan fingerprint density at radius 2 is 2.14 bits per heavy atom. The lowest BCUT2D eigenvalue weighted by Crippen LogP contribution is -2.43. The predicted octanol–water partition coefficient (Wildman–Crippen LogP) is 2.62. The largest absolute Gasteiger partial charge is 0.374 e. The minimum Gasteiger partial charge on any atom is -0.374 e. The first-order valence-electron chi connectivity index (χ1n) is 13.5. The van der Waals surface area contributed by atoms with Gasteiger partial charge in [0.2, 0.25) is 5.91 Å². The lowest BCUT2D eigenvalue weighted by molar-refractivity contribution is -0.124. The van der Waals surface area contributed by atoms with Crippen LogP contribution in [0, 0.1) is 5.92 Å². The fraction of sp³-hybridized carbons (Fsp3) is 0.556. The van der Waals surface area contributed by atoms with E-state index in [0.717, 1.165) is 35.3 Å². The van der Waals surface area contributed by atoms with Gasteiger partial charge in [0.25, 0.3) is 5.56 Å². The van der Waals surface area contributed by atoms with E-state index < -0.39 is 6.04 Å². The highest BCUT2D eigenvalue weighted by atomic mass is 16.5. The summed E-state index contributed by atoms with van der Waals surface area (Å²) in [5.74, 6) is 0.334. The van der Waals surface area contributed by atoms with Crippen LogP contribution in [0.5, 0.6) is 0 Å². The van der Waals surface area contributed by atoms with Crippen molar-refractivity contribution in [2.75, 3.05) is 11.9 Å². The van der Waals surface area contributed by atoms with Gasteiger partial charge in [-0.2, -0.15) is 0 Å². The molecule has 3 aliphatic rings. The average Bonchev–Trinajstić information content (AvgIpc) is 3.59. The van der Waals surface area contributed by atoms with E-state index in [4.69, 9.17) is 4.74 Å². The van der Waals surface area contributed by atoms with E-state index in [1.54, 1.807) is 19.3 Å². The zero-order valence-electron chi connectivity index (χ0n) is 21.2. The van der Waals surface area contributed by atoms with Crippen LogP contribution in [0.15, 0.2) is 35.6 Å². The molecule has 3 unspecified atom stereocenters. The maximum absolute atomic E-state index is 13.4. The van der Waals surface area contributed by atoms with Crippen molar-refractivity contribution in [3.63, 3.8) is 0 Å². The summed E-state index contributed by atoms with van der Waals surface area (Å²) in [6, 6.07) is 3.20. The van der Waals surface area contributed by atoms with Gasteiger partial charge in [-0.25, -0.2) is 4.98 Å². The number of rotatable bonds is 6. The van der Waals surface area contributed by atoms with Crippen molar-refractivity contribution >= 4 is 22.5 Å². The van der Waals surface area contributed by atoms with Gasteiger partial charge in [-0.3, -0.25) is 24.5 Å².